The number of hydrogen-bond donors (Lipinski definition) is 4. The van der Waals surface area contributed by atoms with Crippen LogP contribution in [0.5, 0.6) is 0 Å². The number of alkyl carbamates (subject to hydrolysis) is 1. The first-order valence-electron chi connectivity index (χ1n) is 17.6. The Kier molecular flexibility index (Phi) is 13.8. The minimum atomic E-state index is -1.69. The zero-order valence-corrected chi connectivity index (χ0v) is 34.5. The lowest BCUT2D eigenvalue weighted by molar-refractivity contribution is -0.148. The third kappa shape index (κ3) is 9.78. The molecule has 2 saturated heterocycles. The van der Waals surface area contributed by atoms with E-state index in [1.807, 2.05) is 0 Å². The molecule has 4 amide bonds. The van der Waals surface area contributed by atoms with E-state index in [-0.39, 0.29) is 32.0 Å². The molecule has 2 heterocycles. The summed E-state index contributed by atoms with van der Waals surface area (Å²) in [5, 5.41) is 11.5. The molecule has 2 aliphatic heterocycles. The molecule has 2 fully saturated rings. The molecule has 13 nitrogen and oxygen atoms in total. The van der Waals surface area contributed by atoms with E-state index in [0.29, 0.717) is 11.1 Å². The second kappa shape index (κ2) is 17.3. The van der Waals surface area contributed by atoms with E-state index in [0.717, 1.165) is 8.95 Å². The molecule has 4 N–H and O–H groups in total. The predicted octanol–water partition coefficient (Wildman–Crippen LogP) is 5.41. The summed E-state index contributed by atoms with van der Waals surface area (Å²) in [5.41, 5.74) is -2.97. The van der Waals surface area contributed by atoms with Gasteiger partial charge in [-0.15, -0.1) is 0 Å². The van der Waals surface area contributed by atoms with Gasteiger partial charge in [-0.3, -0.25) is 14.4 Å². The third-order valence-corrected chi connectivity index (χ3v) is 10.4. The van der Waals surface area contributed by atoms with Crippen molar-refractivity contribution in [1.29, 1.82) is 0 Å². The number of methoxy groups -OCH3 is 1. The van der Waals surface area contributed by atoms with Crippen LogP contribution in [-0.2, 0) is 38.1 Å². The molecular weight excluding hydrogens is 816 g/mol. The predicted molar refractivity (Wildman–Crippen MR) is 203 cm³/mol. The summed E-state index contributed by atoms with van der Waals surface area (Å²) in [6.07, 6.45) is -2.54. The van der Waals surface area contributed by atoms with Crippen LogP contribution in [0, 0.1) is 11.8 Å². The highest BCUT2D eigenvalue weighted by atomic mass is 79.9. The van der Waals surface area contributed by atoms with Gasteiger partial charge in [-0.25, -0.2) is 9.59 Å². The lowest BCUT2D eigenvalue weighted by Gasteiger charge is -2.38. The SMILES string of the molecule is COC(=O)[C@H](NC(=O)[C@]1(NC(=O)[C@H](NC(=O)[C@@]2(NC(=O)OC(C)(C)C)CCO[C@H]2c2ccc(Br)cc2)C(C)C)CCO[C@@H]1c1ccc(Br)cc1)C(C)C. The van der Waals surface area contributed by atoms with Crippen molar-refractivity contribution < 1.29 is 42.9 Å². The van der Waals surface area contributed by atoms with E-state index in [9.17, 15) is 24.0 Å². The molecule has 290 valence electrons. The van der Waals surface area contributed by atoms with Gasteiger partial charge in [0.15, 0.2) is 11.1 Å². The van der Waals surface area contributed by atoms with Crippen molar-refractivity contribution in [2.75, 3.05) is 20.3 Å². The number of benzene rings is 2. The molecule has 0 aliphatic carbocycles. The Balaban J connectivity index is 1.72. The summed E-state index contributed by atoms with van der Waals surface area (Å²) in [6, 6.07) is 12.1. The van der Waals surface area contributed by atoms with Crippen LogP contribution in [0.15, 0.2) is 57.5 Å². The Morgan fingerprint density at radius 3 is 1.53 bits per heavy atom. The molecule has 0 aromatic heterocycles. The van der Waals surface area contributed by atoms with Crippen molar-refractivity contribution in [1.82, 2.24) is 21.3 Å². The molecule has 2 aromatic carbocycles. The van der Waals surface area contributed by atoms with Crippen LogP contribution in [0.25, 0.3) is 0 Å². The van der Waals surface area contributed by atoms with Gasteiger partial charge in [0.25, 0.3) is 0 Å². The van der Waals surface area contributed by atoms with Crippen LogP contribution in [0.1, 0.15) is 84.6 Å². The topological polar surface area (TPSA) is 170 Å². The zero-order chi connectivity index (χ0) is 39.3. The average molecular weight is 867 g/mol. The molecule has 15 heteroatoms. The third-order valence-electron chi connectivity index (χ3n) is 9.33. The first kappa shape index (κ1) is 42.2. The summed E-state index contributed by atoms with van der Waals surface area (Å²) >= 11 is 6.87. The number of halogens is 2. The number of hydrogen-bond acceptors (Lipinski definition) is 9. The van der Waals surface area contributed by atoms with Crippen LogP contribution >= 0.6 is 31.9 Å². The Labute approximate surface area is 327 Å². The van der Waals surface area contributed by atoms with E-state index < -0.39 is 76.7 Å². The summed E-state index contributed by atoms with van der Waals surface area (Å²) in [7, 11) is 1.24. The minimum absolute atomic E-state index is 0.0691. The molecule has 6 atom stereocenters. The molecule has 0 saturated carbocycles. The molecule has 0 spiro atoms. The van der Waals surface area contributed by atoms with E-state index >= 15 is 0 Å². The van der Waals surface area contributed by atoms with E-state index in [1.54, 1.807) is 97.0 Å². The minimum Gasteiger partial charge on any atom is -0.467 e. The van der Waals surface area contributed by atoms with Gasteiger partial charge < -0.3 is 40.2 Å². The highest BCUT2D eigenvalue weighted by molar-refractivity contribution is 9.10. The number of ether oxygens (including phenoxy) is 4. The Morgan fingerprint density at radius 1 is 0.717 bits per heavy atom. The standard InChI is InChI=1S/C38H50Br2N4O9/c1-21(2)27(41-34(48)38(44-35(49)53-36(5,6)7)18-20-52-30(38)24-11-15-26(40)16-12-24)31(45)43-37(33(47)42-28(22(3)4)32(46)50-8)17-19-51-29(37)23-9-13-25(39)14-10-23/h9-16,21-22,27-30H,17-20H2,1-8H3,(H,41,48)(H,42,47)(H,43,45)(H,44,49)/t27-,28-,29-,30+,37+,38-/m1/s1. The van der Waals surface area contributed by atoms with Crippen molar-refractivity contribution in [3.63, 3.8) is 0 Å². The molecule has 0 unspecified atom stereocenters. The van der Waals surface area contributed by atoms with Crippen molar-refractivity contribution in [3.05, 3.63) is 68.6 Å². The second-order valence-electron chi connectivity index (χ2n) is 15.1. The van der Waals surface area contributed by atoms with Crippen LogP contribution in [0.3, 0.4) is 0 Å². The van der Waals surface area contributed by atoms with Gasteiger partial charge in [-0.1, -0.05) is 83.8 Å². The summed E-state index contributed by atoms with van der Waals surface area (Å²) in [6.45, 7) is 12.4. The molecule has 2 aromatic rings. The lowest BCUT2D eigenvalue weighted by Crippen LogP contribution is -2.68. The number of esters is 1. The maximum absolute atomic E-state index is 14.6. The number of carbonyl (C=O) groups excluding carboxylic acids is 5. The highest BCUT2D eigenvalue weighted by Crippen LogP contribution is 2.41. The first-order valence-corrected chi connectivity index (χ1v) is 19.2. The lowest BCUT2D eigenvalue weighted by atomic mass is 9.83. The van der Waals surface area contributed by atoms with E-state index in [1.165, 1.54) is 7.11 Å². The van der Waals surface area contributed by atoms with Gasteiger partial charge >= 0.3 is 12.1 Å². The summed E-state index contributed by atoms with van der Waals surface area (Å²) in [5.74, 6) is -3.44. The number of rotatable bonds is 12. The highest BCUT2D eigenvalue weighted by Gasteiger charge is 2.56. The quantitative estimate of drug-likeness (QED) is 0.204. The smallest absolute Gasteiger partial charge is 0.408 e. The molecule has 4 rings (SSSR count). The van der Waals surface area contributed by atoms with E-state index in [4.69, 9.17) is 18.9 Å². The molecule has 2 aliphatic rings. The number of nitrogens with one attached hydrogen (secondary N) is 4. The molecule has 0 radical (unpaired) electrons. The van der Waals surface area contributed by atoms with E-state index in [2.05, 4.69) is 53.1 Å². The van der Waals surface area contributed by atoms with Crippen molar-refractivity contribution in [2.45, 2.75) is 102 Å². The maximum atomic E-state index is 14.6. The largest absolute Gasteiger partial charge is 0.467 e. The number of carbonyl (C=O) groups is 5. The molecule has 53 heavy (non-hydrogen) atoms. The van der Waals surface area contributed by atoms with Crippen LogP contribution < -0.4 is 21.3 Å². The fraction of sp³-hybridized carbons (Fsp3) is 0.553. The average Bonchev–Trinajstić information content (AvgIpc) is 3.70. The van der Waals surface area contributed by atoms with Gasteiger partial charge in [0.1, 0.15) is 29.9 Å². The van der Waals surface area contributed by atoms with Gasteiger partial charge in [0.05, 0.1) is 20.3 Å². The fourth-order valence-electron chi connectivity index (χ4n) is 6.58. The molecular formula is C38H50Br2N4O9. The first-order chi connectivity index (χ1) is 24.8. The van der Waals surface area contributed by atoms with Crippen molar-refractivity contribution in [3.8, 4) is 0 Å². The summed E-state index contributed by atoms with van der Waals surface area (Å²) in [4.78, 5) is 69.6. The maximum Gasteiger partial charge on any atom is 0.408 e. The monoisotopic (exact) mass is 864 g/mol. The van der Waals surface area contributed by atoms with Gasteiger partial charge in [0, 0.05) is 21.8 Å². The second-order valence-corrected chi connectivity index (χ2v) is 16.9. The Bertz CT molecular complexity index is 1650. The van der Waals surface area contributed by atoms with Crippen LogP contribution in [0.4, 0.5) is 4.79 Å². The number of amides is 4. The van der Waals surface area contributed by atoms with Crippen LogP contribution in [-0.4, -0.2) is 78.9 Å². The van der Waals surface area contributed by atoms with Crippen molar-refractivity contribution in [2.24, 2.45) is 11.8 Å². The normalized spacial score (nSPS) is 23.9. The fourth-order valence-corrected chi connectivity index (χ4v) is 7.11. The van der Waals surface area contributed by atoms with Crippen molar-refractivity contribution >= 4 is 61.6 Å². The zero-order valence-electron chi connectivity index (χ0n) is 31.3. The van der Waals surface area contributed by atoms with Gasteiger partial charge in [0.2, 0.25) is 17.7 Å². The van der Waals surface area contributed by atoms with Crippen LogP contribution in [0.2, 0.25) is 0 Å². The Morgan fingerprint density at radius 2 is 1.13 bits per heavy atom. The van der Waals surface area contributed by atoms with Gasteiger partial charge in [-0.05, 0) is 68.0 Å². The summed E-state index contributed by atoms with van der Waals surface area (Å²) < 4.78 is 24.4. The molecule has 0 bridgehead atoms. The Hall–Kier alpha value is -3.53. The van der Waals surface area contributed by atoms with Gasteiger partial charge in [-0.2, -0.15) is 0 Å².